The minimum absolute atomic E-state index is 0.505. The van der Waals surface area contributed by atoms with Crippen LogP contribution in [0.25, 0.3) is 0 Å². The minimum Gasteiger partial charge on any atom is -0.313 e. The Bertz CT molecular complexity index is 434. The van der Waals surface area contributed by atoms with Gasteiger partial charge in [0, 0.05) is 15.0 Å². The van der Waals surface area contributed by atoms with Crippen LogP contribution in [0.1, 0.15) is 37.3 Å². The summed E-state index contributed by atoms with van der Waals surface area (Å²) in [5, 5.41) is 3.55. The van der Waals surface area contributed by atoms with Crippen molar-refractivity contribution in [3.63, 3.8) is 0 Å². The zero-order valence-electron chi connectivity index (χ0n) is 10.6. The Labute approximate surface area is 126 Å². The molecular weight excluding hydrogens is 354 g/mol. The van der Waals surface area contributed by atoms with Crippen LogP contribution in [0, 0.1) is 17.8 Å². The molecule has 0 saturated heterocycles. The fraction of sp³-hybridized carbons (Fsp3) is 0.600. The lowest BCUT2D eigenvalue weighted by Crippen LogP contribution is -2.20. The summed E-state index contributed by atoms with van der Waals surface area (Å²) in [6, 6.07) is 7.01. The van der Waals surface area contributed by atoms with Crippen LogP contribution in [-0.2, 0) is 0 Å². The average molecular weight is 373 g/mol. The first-order chi connectivity index (χ1) is 8.72. The summed E-state index contributed by atoms with van der Waals surface area (Å²) in [6.07, 6.45) is 5.76. The molecule has 2 fully saturated rings. The molecule has 1 aromatic rings. The molecule has 0 spiro atoms. The van der Waals surface area contributed by atoms with Crippen molar-refractivity contribution < 1.29 is 0 Å². The molecule has 0 bridgehead atoms. The molecule has 2 aliphatic carbocycles. The van der Waals surface area contributed by atoms with Crippen molar-refractivity contribution in [1.82, 2.24) is 5.32 Å². The number of halogens is 2. The molecule has 1 N–H and O–H groups in total. The molecule has 3 atom stereocenters. The molecule has 18 heavy (non-hydrogen) atoms. The lowest BCUT2D eigenvalue weighted by molar-refractivity contribution is 0.480. The first-order valence-corrected chi connectivity index (χ1v) is 8.43. The van der Waals surface area contributed by atoms with Crippen LogP contribution in [0.5, 0.6) is 0 Å². The molecule has 3 heteroatoms. The van der Waals surface area contributed by atoms with E-state index < -0.39 is 0 Å². The van der Waals surface area contributed by atoms with Crippen molar-refractivity contribution in [2.45, 2.75) is 31.7 Å². The highest BCUT2D eigenvalue weighted by molar-refractivity contribution is 9.11. The van der Waals surface area contributed by atoms with Crippen LogP contribution >= 0.6 is 31.9 Å². The van der Waals surface area contributed by atoms with E-state index in [0.29, 0.717) is 6.04 Å². The molecule has 0 aliphatic heterocycles. The highest BCUT2D eigenvalue weighted by Crippen LogP contribution is 2.60. The van der Waals surface area contributed by atoms with E-state index in [1.165, 1.54) is 40.2 Å². The molecule has 0 radical (unpaired) electrons. The standard InChI is InChI=1S/C15H19Br2N/c1-18-15(12-8-9(16)6-7-13(12)17)14-10-4-2-3-5-11(10)14/h6-8,10-11,14-15,18H,2-5H2,1H3. The van der Waals surface area contributed by atoms with Crippen LogP contribution in [0.15, 0.2) is 27.1 Å². The summed E-state index contributed by atoms with van der Waals surface area (Å²) >= 11 is 7.30. The molecule has 1 nitrogen and oxygen atoms in total. The molecule has 98 valence electrons. The van der Waals surface area contributed by atoms with Gasteiger partial charge in [-0.1, -0.05) is 44.7 Å². The summed E-state index contributed by atoms with van der Waals surface area (Å²) in [6.45, 7) is 0. The summed E-state index contributed by atoms with van der Waals surface area (Å²) in [5.41, 5.74) is 1.41. The van der Waals surface area contributed by atoms with Crippen molar-refractivity contribution in [2.24, 2.45) is 17.8 Å². The van der Waals surface area contributed by atoms with Crippen LogP contribution < -0.4 is 5.32 Å². The molecule has 0 heterocycles. The number of fused-ring (bicyclic) bond motifs is 1. The Morgan fingerprint density at radius 1 is 1.17 bits per heavy atom. The van der Waals surface area contributed by atoms with Gasteiger partial charge in [0.1, 0.15) is 0 Å². The molecule has 0 amide bonds. The molecular formula is C15H19Br2N. The van der Waals surface area contributed by atoms with E-state index in [0.717, 1.165) is 17.8 Å². The van der Waals surface area contributed by atoms with Gasteiger partial charge in [0.25, 0.3) is 0 Å². The zero-order valence-corrected chi connectivity index (χ0v) is 13.8. The maximum atomic E-state index is 3.71. The molecule has 3 rings (SSSR count). The van der Waals surface area contributed by atoms with Crippen molar-refractivity contribution >= 4 is 31.9 Å². The first-order valence-electron chi connectivity index (χ1n) is 6.84. The van der Waals surface area contributed by atoms with Gasteiger partial charge in [0.15, 0.2) is 0 Å². The van der Waals surface area contributed by atoms with Crippen molar-refractivity contribution in [2.75, 3.05) is 7.05 Å². The summed E-state index contributed by atoms with van der Waals surface area (Å²) in [4.78, 5) is 0. The Balaban J connectivity index is 1.86. The Morgan fingerprint density at radius 2 is 1.83 bits per heavy atom. The van der Waals surface area contributed by atoms with E-state index in [9.17, 15) is 0 Å². The van der Waals surface area contributed by atoms with E-state index >= 15 is 0 Å². The average Bonchev–Trinajstić information content (AvgIpc) is 3.09. The van der Waals surface area contributed by atoms with Gasteiger partial charge in [-0.3, -0.25) is 0 Å². The number of benzene rings is 1. The first kappa shape index (κ1) is 13.1. The van der Waals surface area contributed by atoms with Gasteiger partial charge in [-0.25, -0.2) is 0 Å². The molecule has 0 aromatic heterocycles. The largest absolute Gasteiger partial charge is 0.313 e. The quantitative estimate of drug-likeness (QED) is 0.794. The fourth-order valence-corrected chi connectivity index (χ4v) is 4.72. The Kier molecular flexibility index (Phi) is 3.84. The normalized spacial score (nSPS) is 31.8. The highest BCUT2D eigenvalue weighted by Gasteiger charge is 2.54. The predicted molar refractivity (Wildman–Crippen MR) is 82.6 cm³/mol. The highest BCUT2D eigenvalue weighted by atomic mass is 79.9. The number of rotatable bonds is 3. The summed E-state index contributed by atoms with van der Waals surface area (Å²) in [5.74, 6) is 2.80. The second-order valence-electron chi connectivity index (χ2n) is 5.62. The summed E-state index contributed by atoms with van der Waals surface area (Å²) < 4.78 is 2.40. The van der Waals surface area contributed by atoms with E-state index in [1.54, 1.807) is 0 Å². The van der Waals surface area contributed by atoms with Gasteiger partial charge >= 0.3 is 0 Å². The third kappa shape index (κ3) is 2.30. The Morgan fingerprint density at radius 3 is 2.44 bits per heavy atom. The molecule has 3 unspecified atom stereocenters. The van der Waals surface area contributed by atoms with Crippen LogP contribution in [0.3, 0.4) is 0 Å². The van der Waals surface area contributed by atoms with E-state index in [-0.39, 0.29) is 0 Å². The second-order valence-corrected chi connectivity index (χ2v) is 7.39. The maximum absolute atomic E-state index is 3.71. The smallest absolute Gasteiger partial charge is 0.0363 e. The second kappa shape index (κ2) is 5.26. The van der Waals surface area contributed by atoms with E-state index in [2.05, 4.69) is 62.4 Å². The van der Waals surface area contributed by atoms with Crippen LogP contribution in [0.2, 0.25) is 0 Å². The monoisotopic (exact) mass is 371 g/mol. The topological polar surface area (TPSA) is 12.0 Å². The van der Waals surface area contributed by atoms with Crippen LogP contribution in [-0.4, -0.2) is 7.05 Å². The van der Waals surface area contributed by atoms with E-state index in [1.807, 2.05) is 0 Å². The van der Waals surface area contributed by atoms with Crippen molar-refractivity contribution in [3.8, 4) is 0 Å². The SMILES string of the molecule is CNC(c1cc(Br)ccc1Br)C1C2CCCCC21. The van der Waals surface area contributed by atoms with Gasteiger partial charge < -0.3 is 5.32 Å². The van der Waals surface area contributed by atoms with Gasteiger partial charge in [0.05, 0.1) is 0 Å². The number of nitrogens with one attached hydrogen (secondary N) is 1. The molecule has 2 aliphatic rings. The van der Waals surface area contributed by atoms with Crippen LogP contribution in [0.4, 0.5) is 0 Å². The third-order valence-corrected chi connectivity index (χ3v) is 5.93. The minimum atomic E-state index is 0.505. The molecule has 2 saturated carbocycles. The van der Waals surface area contributed by atoms with Crippen molar-refractivity contribution in [1.29, 1.82) is 0 Å². The van der Waals surface area contributed by atoms with Gasteiger partial charge in [-0.2, -0.15) is 0 Å². The maximum Gasteiger partial charge on any atom is 0.0363 e. The predicted octanol–water partition coefficient (Wildman–Crippen LogP) is 4.91. The summed E-state index contributed by atoms with van der Waals surface area (Å²) in [7, 11) is 2.10. The lowest BCUT2D eigenvalue weighted by atomic mass is 10.00. The third-order valence-electron chi connectivity index (χ3n) is 4.71. The van der Waals surface area contributed by atoms with Gasteiger partial charge in [-0.15, -0.1) is 0 Å². The number of hydrogen-bond donors (Lipinski definition) is 1. The van der Waals surface area contributed by atoms with Gasteiger partial charge in [-0.05, 0) is 61.4 Å². The zero-order chi connectivity index (χ0) is 12.7. The fourth-order valence-electron chi connectivity index (χ4n) is 3.85. The van der Waals surface area contributed by atoms with Crippen molar-refractivity contribution in [3.05, 3.63) is 32.7 Å². The Hall–Kier alpha value is 0.140. The van der Waals surface area contributed by atoms with Gasteiger partial charge in [0.2, 0.25) is 0 Å². The number of hydrogen-bond acceptors (Lipinski definition) is 1. The molecule has 1 aromatic carbocycles. The van der Waals surface area contributed by atoms with E-state index in [4.69, 9.17) is 0 Å². The lowest BCUT2D eigenvalue weighted by Gasteiger charge is -2.19.